The molecule has 3 rings (SSSR count). The molecule has 0 aromatic heterocycles. The molecule has 5 nitrogen and oxygen atoms in total. The summed E-state index contributed by atoms with van der Waals surface area (Å²) < 4.78 is 11.3. The Hall–Kier alpha value is -2.53. The molecular weight excluding hydrogens is 376 g/mol. The van der Waals surface area contributed by atoms with E-state index in [9.17, 15) is 4.79 Å². The van der Waals surface area contributed by atoms with Gasteiger partial charge in [0.2, 0.25) is 5.43 Å². The zero-order valence-corrected chi connectivity index (χ0v) is 18.7. The number of piperazine rings is 1. The van der Waals surface area contributed by atoms with Gasteiger partial charge in [-0.3, -0.25) is 9.69 Å². The highest BCUT2D eigenvalue weighted by Gasteiger charge is 2.20. The summed E-state index contributed by atoms with van der Waals surface area (Å²) in [6.45, 7) is 11.2. The molecule has 162 valence electrons. The van der Waals surface area contributed by atoms with Gasteiger partial charge in [0.05, 0.1) is 19.4 Å². The van der Waals surface area contributed by atoms with Crippen molar-refractivity contribution in [2.45, 2.75) is 39.7 Å². The summed E-state index contributed by atoms with van der Waals surface area (Å²) in [5.41, 5.74) is 3.08. The molecule has 1 heterocycles. The summed E-state index contributed by atoms with van der Waals surface area (Å²) in [7, 11) is 1.71. The van der Waals surface area contributed by atoms with Crippen LogP contribution in [0.3, 0.4) is 0 Å². The van der Waals surface area contributed by atoms with Gasteiger partial charge in [0.25, 0.3) is 0 Å². The number of benzene rings is 1. The van der Waals surface area contributed by atoms with Gasteiger partial charge in [-0.1, -0.05) is 45.0 Å². The molecule has 0 atom stereocenters. The Morgan fingerprint density at radius 1 is 1.00 bits per heavy atom. The largest absolute Gasteiger partial charge is 0.495 e. The molecule has 30 heavy (non-hydrogen) atoms. The number of rotatable bonds is 8. The molecule has 2 aromatic carbocycles. The lowest BCUT2D eigenvalue weighted by Crippen LogP contribution is -2.46. The van der Waals surface area contributed by atoms with Gasteiger partial charge >= 0.3 is 0 Å². The molecule has 0 radical (unpaired) electrons. The second kappa shape index (κ2) is 10.5. The van der Waals surface area contributed by atoms with E-state index in [4.69, 9.17) is 9.47 Å². The fourth-order valence-electron chi connectivity index (χ4n) is 3.78. The molecule has 0 saturated carbocycles. The van der Waals surface area contributed by atoms with E-state index in [1.807, 2.05) is 30.3 Å². The van der Waals surface area contributed by atoms with Crippen LogP contribution >= 0.6 is 0 Å². The Balaban J connectivity index is 1.74. The number of hydrogen-bond acceptors (Lipinski definition) is 5. The molecule has 1 aliphatic rings. The lowest BCUT2D eigenvalue weighted by Gasteiger charge is -2.36. The zero-order valence-electron chi connectivity index (χ0n) is 18.7. The lowest BCUT2D eigenvalue weighted by atomic mass is 10.1. The predicted molar refractivity (Wildman–Crippen MR) is 123 cm³/mol. The first kappa shape index (κ1) is 22.2. The minimum Gasteiger partial charge on any atom is -0.495 e. The van der Waals surface area contributed by atoms with E-state index in [-0.39, 0.29) is 5.43 Å². The van der Waals surface area contributed by atoms with Crippen molar-refractivity contribution in [3.05, 3.63) is 63.8 Å². The van der Waals surface area contributed by atoms with Gasteiger partial charge in [0, 0.05) is 38.3 Å². The Bertz CT molecular complexity index is 890. The molecule has 0 unspecified atom stereocenters. The number of anilines is 1. The van der Waals surface area contributed by atoms with Crippen LogP contribution in [0.4, 0.5) is 5.69 Å². The van der Waals surface area contributed by atoms with Crippen molar-refractivity contribution in [2.24, 2.45) is 0 Å². The second-order valence-corrected chi connectivity index (χ2v) is 8.13. The van der Waals surface area contributed by atoms with E-state index >= 15 is 0 Å². The molecule has 0 N–H and O–H groups in total. The van der Waals surface area contributed by atoms with Crippen LogP contribution in [0.5, 0.6) is 11.5 Å². The Morgan fingerprint density at radius 2 is 1.73 bits per heavy atom. The maximum atomic E-state index is 13.1. The van der Waals surface area contributed by atoms with Crippen LogP contribution < -0.4 is 19.8 Å². The maximum absolute atomic E-state index is 13.1. The molecule has 1 saturated heterocycles. The summed E-state index contributed by atoms with van der Waals surface area (Å²) >= 11 is 0. The average Bonchev–Trinajstić information content (AvgIpc) is 2.92. The van der Waals surface area contributed by atoms with Crippen LogP contribution in [-0.4, -0.2) is 44.8 Å². The van der Waals surface area contributed by atoms with E-state index in [1.165, 1.54) is 0 Å². The van der Waals surface area contributed by atoms with Crippen molar-refractivity contribution in [3.63, 3.8) is 0 Å². The van der Waals surface area contributed by atoms with Crippen molar-refractivity contribution < 1.29 is 9.47 Å². The van der Waals surface area contributed by atoms with Gasteiger partial charge < -0.3 is 14.4 Å². The molecule has 5 heteroatoms. The van der Waals surface area contributed by atoms with Crippen LogP contribution in [0.25, 0.3) is 0 Å². The molecule has 0 spiro atoms. The van der Waals surface area contributed by atoms with E-state index in [1.54, 1.807) is 7.11 Å². The minimum atomic E-state index is 0.0162. The van der Waals surface area contributed by atoms with Crippen LogP contribution in [0.2, 0.25) is 0 Å². The first-order valence-corrected chi connectivity index (χ1v) is 10.9. The summed E-state index contributed by atoms with van der Waals surface area (Å²) in [6, 6.07) is 14.1. The molecule has 0 amide bonds. The van der Waals surface area contributed by atoms with Crippen LogP contribution in [0.1, 0.15) is 44.2 Å². The smallest absolute Gasteiger partial charge is 0.224 e. The van der Waals surface area contributed by atoms with Gasteiger partial charge in [-0.2, -0.15) is 0 Å². The standard InChI is InChI=1S/C25H34N2O3/c1-5-16-30-24-17-20(19(2)3)10-11-21(25(24)28)18-26-12-14-27(15-13-26)22-8-6-7-9-23(22)29-4/h6-11,17,19H,5,12-16,18H2,1-4H3. The first-order valence-electron chi connectivity index (χ1n) is 10.9. The van der Waals surface area contributed by atoms with E-state index in [2.05, 4.69) is 42.7 Å². The Morgan fingerprint density at radius 3 is 2.40 bits per heavy atom. The number of ether oxygens (including phenoxy) is 2. The number of methoxy groups -OCH3 is 1. The monoisotopic (exact) mass is 410 g/mol. The number of nitrogens with zero attached hydrogens (tertiary/aromatic N) is 2. The zero-order chi connectivity index (χ0) is 21.5. The topological polar surface area (TPSA) is 42.0 Å². The quantitative estimate of drug-likeness (QED) is 0.649. The highest BCUT2D eigenvalue weighted by molar-refractivity contribution is 5.58. The van der Waals surface area contributed by atoms with Crippen molar-refractivity contribution in [1.82, 2.24) is 4.90 Å². The lowest BCUT2D eigenvalue weighted by molar-refractivity contribution is 0.247. The molecule has 1 fully saturated rings. The fraction of sp³-hybridized carbons (Fsp3) is 0.480. The minimum absolute atomic E-state index is 0.0162. The highest BCUT2D eigenvalue weighted by atomic mass is 16.5. The molecule has 0 bridgehead atoms. The molecule has 2 aromatic rings. The van der Waals surface area contributed by atoms with Crippen LogP contribution in [0, 0.1) is 0 Å². The first-order chi connectivity index (χ1) is 14.5. The summed E-state index contributed by atoms with van der Waals surface area (Å²) in [4.78, 5) is 17.8. The van der Waals surface area contributed by atoms with E-state index in [0.29, 0.717) is 24.8 Å². The Labute approximate surface area is 180 Å². The fourth-order valence-corrected chi connectivity index (χ4v) is 3.78. The van der Waals surface area contributed by atoms with Crippen LogP contribution in [0.15, 0.2) is 47.3 Å². The maximum Gasteiger partial charge on any atom is 0.224 e. The third-order valence-corrected chi connectivity index (χ3v) is 5.61. The van der Waals surface area contributed by atoms with E-state index < -0.39 is 0 Å². The van der Waals surface area contributed by atoms with Crippen molar-refractivity contribution in [3.8, 4) is 11.5 Å². The molecule has 0 aliphatic carbocycles. The Kier molecular flexibility index (Phi) is 7.75. The third kappa shape index (κ3) is 5.33. The van der Waals surface area contributed by atoms with Crippen molar-refractivity contribution in [1.29, 1.82) is 0 Å². The molecular formula is C25H34N2O3. The van der Waals surface area contributed by atoms with Gasteiger partial charge in [-0.05, 0) is 36.1 Å². The highest BCUT2D eigenvalue weighted by Crippen LogP contribution is 2.28. The predicted octanol–water partition coefficient (Wildman–Crippen LogP) is 4.29. The second-order valence-electron chi connectivity index (χ2n) is 8.13. The molecule has 1 aliphatic heterocycles. The summed E-state index contributed by atoms with van der Waals surface area (Å²) in [5, 5.41) is 0. The average molecular weight is 411 g/mol. The normalized spacial score (nSPS) is 14.8. The summed E-state index contributed by atoms with van der Waals surface area (Å²) in [6.07, 6.45) is 0.884. The van der Waals surface area contributed by atoms with Gasteiger partial charge in [-0.25, -0.2) is 0 Å². The van der Waals surface area contributed by atoms with Crippen LogP contribution in [-0.2, 0) is 6.54 Å². The SMILES string of the molecule is CCCOc1cc(C(C)C)ccc(CN2CCN(c3ccccc3OC)CC2)c1=O. The van der Waals surface area contributed by atoms with Crippen molar-refractivity contribution in [2.75, 3.05) is 44.8 Å². The number of para-hydroxylation sites is 2. The summed E-state index contributed by atoms with van der Waals surface area (Å²) in [5.74, 6) is 1.73. The van der Waals surface area contributed by atoms with Gasteiger partial charge in [0.1, 0.15) is 5.75 Å². The van der Waals surface area contributed by atoms with Gasteiger partial charge in [0.15, 0.2) is 5.75 Å². The number of hydrogen-bond donors (Lipinski definition) is 0. The van der Waals surface area contributed by atoms with E-state index in [0.717, 1.165) is 55.2 Å². The third-order valence-electron chi connectivity index (χ3n) is 5.61. The van der Waals surface area contributed by atoms with Gasteiger partial charge in [-0.15, -0.1) is 0 Å². The van der Waals surface area contributed by atoms with Crippen molar-refractivity contribution >= 4 is 5.69 Å².